The first kappa shape index (κ1) is 20.7. The maximum Gasteiger partial charge on any atom is 0.163 e. The molecule has 0 amide bonds. The Hall–Kier alpha value is -3.60. The number of hydrogen-bond acceptors (Lipinski definition) is 5. The first-order chi connectivity index (χ1) is 13.0. The highest BCUT2D eigenvalue weighted by Crippen LogP contribution is 2.29. The van der Waals surface area contributed by atoms with Gasteiger partial charge in [-0.05, 0) is 44.3 Å². The number of aromatic nitrogens is 2. The minimum Gasteiger partial charge on any atom is -0.339 e. The molecule has 0 saturated heterocycles. The van der Waals surface area contributed by atoms with Gasteiger partial charge < -0.3 is 5.32 Å². The Balaban J connectivity index is 0.00000280. The molecule has 0 unspecified atom stereocenters. The molecule has 0 radical (unpaired) electrons. The predicted octanol–water partition coefficient (Wildman–Crippen LogP) is 5.75. The van der Waals surface area contributed by atoms with Crippen LogP contribution in [0.4, 0.5) is 11.5 Å². The van der Waals surface area contributed by atoms with E-state index in [2.05, 4.69) is 33.6 Å². The molecule has 0 aliphatic heterocycles. The number of para-hydroxylation sites is 2. The van der Waals surface area contributed by atoms with Crippen molar-refractivity contribution in [3.63, 3.8) is 0 Å². The van der Waals surface area contributed by atoms with E-state index in [9.17, 15) is 4.79 Å². The molecule has 0 saturated carbocycles. The average molecular weight is 372 g/mol. The number of nitrogens with one attached hydrogen (secondary N) is 1. The highest BCUT2D eigenvalue weighted by molar-refractivity contribution is 6.02. The molecular weight excluding hydrogens is 348 g/mol. The van der Waals surface area contributed by atoms with Crippen molar-refractivity contribution in [3.8, 4) is 0 Å². The number of fused-ring (bicyclic) bond motifs is 1. The SMILES string of the molecule is C.C=C/C(=C\N=C)c1nc(Nc2ccccc2C(C)=O)c2cccc(C)c2n1. The Morgan fingerprint density at radius 3 is 2.57 bits per heavy atom. The van der Waals surface area contributed by atoms with Crippen LogP contribution >= 0.6 is 0 Å². The zero-order valence-electron chi connectivity index (χ0n) is 15.4. The van der Waals surface area contributed by atoms with Crippen LogP contribution in [0.1, 0.15) is 36.1 Å². The zero-order chi connectivity index (χ0) is 19.4. The summed E-state index contributed by atoms with van der Waals surface area (Å²) in [5.74, 6) is 1.08. The van der Waals surface area contributed by atoms with Crippen LogP contribution < -0.4 is 5.32 Å². The monoisotopic (exact) mass is 372 g/mol. The van der Waals surface area contributed by atoms with E-state index in [1.165, 1.54) is 0 Å². The fraction of sp³-hybridized carbons (Fsp3) is 0.130. The van der Waals surface area contributed by atoms with Gasteiger partial charge in [-0.25, -0.2) is 9.97 Å². The number of carbonyl (C=O) groups is 1. The minimum atomic E-state index is -0.0181. The summed E-state index contributed by atoms with van der Waals surface area (Å²) in [6.07, 6.45) is 3.21. The second-order valence-corrected chi connectivity index (χ2v) is 6.06. The van der Waals surface area contributed by atoms with Crippen LogP contribution in [-0.4, -0.2) is 22.5 Å². The number of allylic oxidation sites excluding steroid dienone is 2. The van der Waals surface area contributed by atoms with Crippen LogP contribution in [0, 0.1) is 6.92 Å². The molecule has 0 atom stereocenters. The summed E-state index contributed by atoms with van der Waals surface area (Å²) in [7, 11) is 0. The van der Waals surface area contributed by atoms with Crippen molar-refractivity contribution >= 4 is 40.5 Å². The van der Waals surface area contributed by atoms with E-state index in [-0.39, 0.29) is 13.2 Å². The standard InChI is InChI=1S/C22H20N4O.CH4/c1-5-16(13-23-4)21-25-20-14(2)9-8-11-18(20)22(26-21)24-19-12-7-6-10-17(19)15(3)27;/h5-13H,1,4H2,2-3H3,(H,24,25,26);1H4/b16-13+;. The first-order valence-electron chi connectivity index (χ1n) is 8.48. The van der Waals surface area contributed by atoms with Crippen molar-refractivity contribution in [2.24, 2.45) is 4.99 Å². The average Bonchev–Trinajstić information content (AvgIpc) is 2.67. The van der Waals surface area contributed by atoms with Gasteiger partial charge in [0.25, 0.3) is 0 Å². The number of aryl methyl sites for hydroxylation is 1. The second kappa shape index (κ2) is 8.86. The number of carbonyl (C=O) groups excluding carboxylic acids is 1. The number of benzene rings is 2. The Bertz CT molecular complexity index is 1080. The number of nitrogens with zero attached hydrogens (tertiary/aromatic N) is 3. The molecular formula is C23H24N4O. The van der Waals surface area contributed by atoms with Gasteiger partial charge >= 0.3 is 0 Å². The van der Waals surface area contributed by atoms with Crippen molar-refractivity contribution in [1.82, 2.24) is 9.97 Å². The molecule has 0 fully saturated rings. The number of hydrogen-bond donors (Lipinski definition) is 1. The van der Waals surface area contributed by atoms with Gasteiger partial charge in [0, 0.05) is 22.7 Å². The van der Waals surface area contributed by atoms with Crippen LogP contribution in [0.3, 0.4) is 0 Å². The molecule has 5 nitrogen and oxygen atoms in total. The molecule has 3 aromatic rings. The lowest BCUT2D eigenvalue weighted by Gasteiger charge is -2.14. The quantitative estimate of drug-likeness (QED) is 0.340. The van der Waals surface area contributed by atoms with E-state index in [0.29, 0.717) is 28.5 Å². The molecule has 2 aromatic carbocycles. The molecule has 3 rings (SSSR count). The van der Waals surface area contributed by atoms with E-state index in [4.69, 9.17) is 0 Å². The van der Waals surface area contributed by atoms with Gasteiger partial charge in [-0.15, -0.1) is 0 Å². The number of rotatable bonds is 6. The molecule has 0 aliphatic rings. The molecule has 0 aliphatic carbocycles. The van der Waals surface area contributed by atoms with Gasteiger partial charge in [0.1, 0.15) is 5.82 Å². The fourth-order valence-electron chi connectivity index (χ4n) is 2.85. The number of Topliss-reactive ketones (excluding diaryl/α,β-unsaturated/α-hetero) is 1. The van der Waals surface area contributed by atoms with Crippen LogP contribution in [0.25, 0.3) is 16.5 Å². The van der Waals surface area contributed by atoms with Gasteiger partial charge in [-0.1, -0.05) is 44.3 Å². The summed E-state index contributed by atoms with van der Waals surface area (Å²) in [5.41, 5.74) is 3.81. The smallest absolute Gasteiger partial charge is 0.163 e. The van der Waals surface area contributed by atoms with Crippen molar-refractivity contribution in [2.45, 2.75) is 21.3 Å². The van der Waals surface area contributed by atoms with E-state index in [0.717, 1.165) is 16.5 Å². The molecule has 1 N–H and O–H groups in total. The Morgan fingerprint density at radius 1 is 1.14 bits per heavy atom. The lowest BCUT2D eigenvalue weighted by atomic mass is 10.1. The Morgan fingerprint density at radius 2 is 1.89 bits per heavy atom. The van der Waals surface area contributed by atoms with Gasteiger partial charge in [-0.2, -0.15) is 0 Å². The van der Waals surface area contributed by atoms with Gasteiger partial charge in [0.15, 0.2) is 11.6 Å². The van der Waals surface area contributed by atoms with Crippen LogP contribution in [0.5, 0.6) is 0 Å². The third kappa shape index (κ3) is 4.04. The summed E-state index contributed by atoms with van der Waals surface area (Å²) in [6, 6.07) is 13.3. The lowest BCUT2D eigenvalue weighted by Crippen LogP contribution is -2.05. The number of anilines is 2. The van der Waals surface area contributed by atoms with E-state index < -0.39 is 0 Å². The Labute approximate surface area is 165 Å². The van der Waals surface area contributed by atoms with Crippen molar-refractivity contribution in [1.29, 1.82) is 0 Å². The van der Waals surface area contributed by atoms with Gasteiger partial charge in [-0.3, -0.25) is 9.79 Å². The largest absolute Gasteiger partial charge is 0.339 e. The van der Waals surface area contributed by atoms with E-state index >= 15 is 0 Å². The highest BCUT2D eigenvalue weighted by atomic mass is 16.1. The summed E-state index contributed by atoms with van der Waals surface area (Å²) in [4.78, 5) is 25.1. The summed E-state index contributed by atoms with van der Waals surface area (Å²) in [5, 5.41) is 4.17. The van der Waals surface area contributed by atoms with Gasteiger partial charge in [0.05, 0.1) is 11.2 Å². The van der Waals surface area contributed by atoms with Crippen molar-refractivity contribution in [2.75, 3.05) is 5.32 Å². The maximum atomic E-state index is 12.0. The molecule has 5 heteroatoms. The molecule has 142 valence electrons. The van der Waals surface area contributed by atoms with E-state index in [1.54, 1.807) is 25.3 Å². The highest BCUT2D eigenvalue weighted by Gasteiger charge is 2.14. The summed E-state index contributed by atoms with van der Waals surface area (Å²) in [6.45, 7) is 10.8. The number of aliphatic imine (C=N–C) groups is 1. The van der Waals surface area contributed by atoms with Gasteiger partial charge in [0.2, 0.25) is 0 Å². The zero-order valence-corrected chi connectivity index (χ0v) is 15.4. The third-order valence-electron chi connectivity index (χ3n) is 4.20. The molecule has 1 aromatic heterocycles. The first-order valence-corrected chi connectivity index (χ1v) is 8.48. The van der Waals surface area contributed by atoms with Crippen LogP contribution in [-0.2, 0) is 0 Å². The maximum absolute atomic E-state index is 12.0. The Kier molecular flexibility index (Phi) is 6.55. The molecule has 0 bridgehead atoms. The fourth-order valence-corrected chi connectivity index (χ4v) is 2.85. The summed E-state index contributed by atoms with van der Waals surface area (Å²) >= 11 is 0. The molecule has 0 spiro atoms. The lowest BCUT2D eigenvalue weighted by molar-refractivity contribution is 0.101. The normalized spacial score (nSPS) is 10.9. The van der Waals surface area contributed by atoms with Crippen LogP contribution in [0.15, 0.2) is 66.3 Å². The van der Waals surface area contributed by atoms with Crippen LogP contribution in [0.2, 0.25) is 0 Å². The number of ketones is 1. The summed E-state index contributed by atoms with van der Waals surface area (Å²) < 4.78 is 0. The van der Waals surface area contributed by atoms with Crippen molar-refractivity contribution in [3.05, 3.63) is 78.3 Å². The van der Waals surface area contributed by atoms with E-state index in [1.807, 2.05) is 43.3 Å². The second-order valence-electron chi connectivity index (χ2n) is 6.06. The predicted molar refractivity (Wildman–Crippen MR) is 118 cm³/mol. The van der Waals surface area contributed by atoms with Crippen molar-refractivity contribution < 1.29 is 4.79 Å². The molecule has 28 heavy (non-hydrogen) atoms. The topological polar surface area (TPSA) is 67.2 Å². The molecule has 1 heterocycles. The minimum absolute atomic E-state index is 0. The third-order valence-corrected chi connectivity index (χ3v) is 4.20.